The third-order valence-corrected chi connectivity index (χ3v) is 4.03. The van der Waals surface area contributed by atoms with Crippen molar-refractivity contribution >= 4 is 29.4 Å². The molecule has 2 amide bonds. The summed E-state index contributed by atoms with van der Waals surface area (Å²) in [6, 6.07) is 0. The maximum atomic E-state index is 11.8. The lowest BCUT2D eigenvalue weighted by atomic mass is 10.2. The average Bonchev–Trinajstić information content (AvgIpc) is 2.99. The molecule has 1 aliphatic rings. The molecule has 2 heterocycles. The Balaban J connectivity index is 2.15. The van der Waals surface area contributed by atoms with E-state index in [1.165, 1.54) is 0 Å². The number of carbonyl (C=O) groups excluding carboxylic acids is 2. The lowest BCUT2D eigenvalue weighted by Gasteiger charge is -2.10. The molecule has 0 aromatic carbocycles. The molecule has 0 atom stereocenters. The van der Waals surface area contributed by atoms with Crippen LogP contribution in [-0.2, 0) is 27.6 Å². The van der Waals surface area contributed by atoms with E-state index in [1.807, 2.05) is 6.92 Å². The molecule has 0 radical (unpaired) electrons. The molecule has 0 fully saturated rings. The highest BCUT2D eigenvalue weighted by molar-refractivity contribution is 7.98. The molecule has 0 saturated carbocycles. The molecule has 0 unspecified atom stereocenters. The Labute approximate surface area is 122 Å². The monoisotopic (exact) mass is 296 g/mol. The molecule has 2 rings (SSSR count). The van der Waals surface area contributed by atoms with Crippen LogP contribution in [-0.4, -0.2) is 28.1 Å². The van der Waals surface area contributed by atoms with E-state index in [-0.39, 0.29) is 18.4 Å². The smallest absolute Gasteiger partial charge is 0.241 e. The number of hydrogen-bond acceptors (Lipinski definition) is 4. The number of aromatic nitrogens is 2. The maximum absolute atomic E-state index is 11.8. The number of amides is 2. The van der Waals surface area contributed by atoms with E-state index < -0.39 is 0 Å². The van der Waals surface area contributed by atoms with Crippen molar-refractivity contribution in [2.24, 2.45) is 0 Å². The topological polar surface area (TPSA) is 76.0 Å². The molecule has 2 N–H and O–H groups in total. The van der Waals surface area contributed by atoms with Crippen molar-refractivity contribution < 1.29 is 9.59 Å². The van der Waals surface area contributed by atoms with Crippen molar-refractivity contribution in [1.82, 2.24) is 15.1 Å². The normalized spacial score (nSPS) is 13.1. The van der Waals surface area contributed by atoms with Gasteiger partial charge in [0.2, 0.25) is 11.8 Å². The van der Waals surface area contributed by atoms with Crippen LogP contribution in [0.15, 0.2) is 0 Å². The largest absolute Gasteiger partial charge is 0.355 e. The van der Waals surface area contributed by atoms with Crippen LogP contribution >= 0.6 is 11.8 Å². The first-order valence-electron chi connectivity index (χ1n) is 6.88. The molecular formula is C13H20N4O2S. The zero-order valence-electron chi connectivity index (χ0n) is 11.9. The number of hydrogen-bond donors (Lipinski definition) is 2. The van der Waals surface area contributed by atoms with Gasteiger partial charge in [-0.15, -0.1) is 0 Å². The van der Waals surface area contributed by atoms with Crippen LogP contribution in [0.3, 0.4) is 0 Å². The molecule has 0 spiro atoms. The fraction of sp³-hybridized carbons (Fsp3) is 0.615. The Hall–Kier alpha value is -1.50. The quantitative estimate of drug-likeness (QED) is 0.834. The van der Waals surface area contributed by atoms with E-state index in [2.05, 4.69) is 15.7 Å². The summed E-state index contributed by atoms with van der Waals surface area (Å²) in [5, 5.41) is 10.1. The van der Waals surface area contributed by atoms with Crippen molar-refractivity contribution in [3.05, 3.63) is 11.3 Å². The third-order valence-electron chi connectivity index (χ3n) is 3.06. The predicted molar refractivity (Wildman–Crippen MR) is 79.4 cm³/mol. The number of nitrogens with one attached hydrogen (secondary N) is 2. The Morgan fingerprint density at radius 1 is 1.30 bits per heavy atom. The number of carbonyl (C=O) groups is 2. The molecule has 0 aliphatic carbocycles. The van der Waals surface area contributed by atoms with Gasteiger partial charge in [0.15, 0.2) is 0 Å². The minimum atomic E-state index is -0.0762. The minimum Gasteiger partial charge on any atom is -0.355 e. The summed E-state index contributed by atoms with van der Waals surface area (Å²) in [6.07, 6.45) is 1.31. The van der Waals surface area contributed by atoms with Crippen molar-refractivity contribution in [3.8, 4) is 0 Å². The molecule has 1 aromatic rings. The maximum Gasteiger partial charge on any atom is 0.241 e. The molecule has 1 aliphatic heterocycles. The van der Waals surface area contributed by atoms with Gasteiger partial charge in [0, 0.05) is 30.0 Å². The van der Waals surface area contributed by atoms with Crippen LogP contribution in [0.5, 0.6) is 0 Å². The van der Waals surface area contributed by atoms with Crippen molar-refractivity contribution in [2.75, 3.05) is 11.9 Å². The lowest BCUT2D eigenvalue weighted by Crippen LogP contribution is -2.29. The van der Waals surface area contributed by atoms with Gasteiger partial charge in [-0.2, -0.15) is 16.9 Å². The molecule has 7 heteroatoms. The molecular weight excluding hydrogens is 276 g/mol. The number of thioether (sulfide) groups is 1. The van der Waals surface area contributed by atoms with Gasteiger partial charge in [-0.05, 0) is 6.42 Å². The summed E-state index contributed by atoms with van der Waals surface area (Å²) in [7, 11) is 0. The first kappa shape index (κ1) is 14.9. The molecule has 110 valence electrons. The van der Waals surface area contributed by atoms with Crippen molar-refractivity contribution in [2.45, 2.75) is 44.7 Å². The molecule has 0 bridgehead atoms. The highest BCUT2D eigenvalue weighted by Gasteiger charge is 2.24. The first-order valence-corrected chi connectivity index (χ1v) is 8.04. The number of nitrogens with zero attached hydrogens (tertiary/aromatic N) is 2. The molecule has 0 saturated heterocycles. The van der Waals surface area contributed by atoms with E-state index in [4.69, 9.17) is 0 Å². The fourth-order valence-corrected chi connectivity index (χ4v) is 3.03. The van der Waals surface area contributed by atoms with Crippen LogP contribution in [0.1, 0.15) is 37.9 Å². The van der Waals surface area contributed by atoms with Crippen LogP contribution in [0.25, 0.3) is 0 Å². The lowest BCUT2D eigenvalue weighted by molar-refractivity contribution is -0.122. The van der Waals surface area contributed by atoms with Gasteiger partial charge in [0.25, 0.3) is 0 Å². The Morgan fingerprint density at radius 3 is 2.80 bits per heavy atom. The molecule has 20 heavy (non-hydrogen) atoms. The fourth-order valence-electron chi connectivity index (χ4n) is 2.00. The summed E-state index contributed by atoms with van der Waals surface area (Å²) >= 11 is 1.77. The van der Waals surface area contributed by atoms with Gasteiger partial charge >= 0.3 is 0 Å². The highest BCUT2D eigenvalue weighted by Crippen LogP contribution is 2.34. The van der Waals surface area contributed by atoms with Gasteiger partial charge in [0.05, 0.1) is 5.69 Å². The number of anilines is 1. The first-order chi connectivity index (χ1) is 9.65. The van der Waals surface area contributed by atoms with E-state index in [9.17, 15) is 9.59 Å². The van der Waals surface area contributed by atoms with E-state index in [1.54, 1.807) is 23.4 Å². The minimum absolute atomic E-state index is 0.0557. The van der Waals surface area contributed by atoms with Crippen LogP contribution in [0, 0.1) is 0 Å². The SMILES string of the molecule is CCCNC(=O)Cn1nc2c(c1NC(=O)CC)CSC2. The Bertz CT molecular complexity index is 513. The standard InChI is InChI=1S/C13H20N4O2S/c1-3-5-14-12(19)6-17-13(15-11(18)4-2)9-7-20-8-10(9)16-17/h3-8H2,1-2H3,(H,14,19)(H,15,18). The molecule has 1 aromatic heterocycles. The third kappa shape index (κ3) is 3.33. The van der Waals surface area contributed by atoms with Gasteiger partial charge < -0.3 is 10.6 Å². The summed E-state index contributed by atoms with van der Waals surface area (Å²) in [5.41, 5.74) is 2.03. The average molecular weight is 296 g/mol. The second-order valence-electron chi connectivity index (χ2n) is 4.68. The summed E-state index contributed by atoms with van der Waals surface area (Å²) < 4.78 is 1.61. The van der Waals surface area contributed by atoms with Crippen LogP contribution < -0.4 is 10.6 Å². The number of rotatable bonds is 6. The second kappa shape index (κ2) is 6.78. The second-order valence-corrected chi connectivity index (χ2v) is 5.66. The summed E-state index contributed by atoms with van der Waals surface area (Å²) in [4.78, 5) is 23.4. The van der Waals surface area contributed by atoms with E-state index in [0.29, 0.717) is 18.8 Å². The summed E-state index contributed by atoms with van der Waals surface area (Å²) in [5.74, 6) is 2.23. The van der Waals surface area contributed by atoms with Gasteiger partial charge in [0.1, 0.15) is 12.4 Å². The zero-order chi connectivity index (χ0) is 14.5. The van der Waals surface area contributed by atoms with Crippen LogP contribution in [0.2, 0.25) is 0 Å². The highest BCUT2D eigenvalue weighted by atomic mass is 32.2. The number of fused-ring (bicyclic) bond motifs is 1. The van der Waals surface area contributed by atoms with Gasteiger partial charge in [-0.1, -0.05) is 13.8 Å². The summed E-state index contributed by atoms with van der Waals surface area (Å²) in [6.45, 7) is 4.62. The zero-order valence-corrected chi connectivity index (χ0v) is 12.7. The van der Waals surface area contributed by atoms with Crippen molar-refractivity contribution in [3.63, 3.8) is 0 Å². The van der Waals surface area contributed by atoms with E-state index >= 15 is 0 Å². The van der Waals surface area contributed by atoms with Gasteiger partial charge in [-0.3, -0.25) is 9.59 Å². The Kier molecular flexibility index (Phi) is 5.05. The van der Waals surface area contributed by atoms with Crippen LogP contribution in [0.4, 0.5) is 5.82 Å². The van der Waals surface area contributed by atoms with Crippen molar-refractivity contribution in [1.29, 1.82) is 0 Å². The molecule has 6 nitrogen and oxygen atoms in total. The van der Waals surface area contributed by atoms with Gasteiger partial charge in [-0.25, -0.2) is 4.68 Å². The Morgan fingerprint density at radius 2 is 2.10 bits per heavy atom. The predicted octanol–water partition coefficient (Wildman–Crippen LogP) is 1.50. The van der Waals surface area contributed by atoms with E-state index in [0.717, 1.165) is 29.2 Å².